The van der Waals surface area contributed by atoms with E-state index in [1.54, 1.807) is 16.7 Å². The zero-order valence-electron chi connectivity index (χ0n) is 11.3. The molecule has 1 heterocycles. The quantitative estimate of drug-likeness (QED) is 0.870. The lowest BCUT2D eigenvalue weighted by molar-refractivity contribution is 0.0521. The van der Waals surface area contributed by atoms with Gasteiger partial charge in [-0.1, -0.05) is 18.2 Å². The monoisotopic (exact) mass is 272 g/mol. The number of hydrogen-bond donors (Lipinski definition) is 1. The average molecular weight is 272 g/mol. The Morgan fingerprint density at radius 3 is 2.75 bits per heavy atom. The number of carbonyl (C=O) groups excluding carboxylic acids is 1. The minimum absolute atomic E-state index is 0.103. The molecule has 104 valence electrons. The lowest BCUT2D eigenvalue weighted by Gasteiger charge is -2.29. The van der Waals surface area contributed by atoms with Crippen LogP contribution in [0.2, 0.25) is 0 Å². The van der Waals surface area contributed by atoms with Crippen LogP contribution in [0.15, 0.2) is 35.1 Å². The van der Waals surface area contributed by atoms with Gasteiger partial charge in [0.1, 0.15) is 5.69 Å². The van der Waals surface area contributed by atoms with Gasteiger partial charge < -0.3 is 4.57 Å². The zero-order valence-corrected chi connectivity index (χ0v) is 11.3. The fourth-order valence-corrected chi connectivity index (χ4v) is 2.60. The molecule has 0 spiro atoms. The second kappa shape index (κ2) is 5.09. The molecule has 5 nitrogen and oxygen atoms in total. The first kappa shape index (κ1) is 12.9. The van der Waals surface area contributed by atoms with Gasteiger partial charge >= 0.3 is 0 Å². The summed E-state index contributed by atoms with van der Waals surface area (Å²) in [4.78, 5) is 29.4. The normalized spacial score (nSPS) is 15.1. The molecule has 1 N–H and O–H groups in total. The van der Waals surface area contributed by atoms with Crippen molar-refractivity contribution in [1.82, 2.24) is 10.0 Å². The van der Waals surface area contributed by atoms with E-state index in [2.05, 4.69) is 10.3 Å². The topological polar surface area (TPSA) is 60.3 Å². The minimum atomic E-state index is -0.387. The summed E-state index contributed by atoms with van der Waals surface area (Å²) < 4.78 is 1.61. The van der Waals surface area contributed by atoms with Crippen LogP contribution in [-0.4, -0.2) is 17.6 Å². The number of hydrogen-bond acceptors (Lipinski definition) is 3. The molecule has 0 saturated heterocycles. The van der Waals surface area contributed by atoms with E-state index in [1.165, 1.54) is 7.11 Å². The van der Waals surface area contributed by atoms with E-state index in [0.717, 1.165) is 24.6 Å². The minimum Gasteiger partial charge on any atom is -0.300 e. The summed E-state index contributed by atoms with van der Waals surface area (Å²) in [5, 5.41) is 1.42. The molecule has 1 aromatic heterocycles. The average Bonchev–Trinajstić information content (AvgIpc) is 2.40. The first-order valence-corrected chi connectivity index (χ1v) is 6.70. The van der Waals surface area contributed by atoms with Gasteiger partial charge in [0.15, 0.2) is 0 Å². The fraction of sp³-hybridized carbons (Fsp3) is 0.333. The highest BCUT2D eigenvalue weighted by Crippen LogP contribution is 2.32. The molecule has 1 aliphatic rings. The summed E-state index contributed by atoms with van der Waals surface area (Å²) in [6, 6.07) is 9.20. The van der Waals surface area contributed by atoms with Gasteiger partial charge in [0.2, 0.25) is 0 Å². The number of aromatic nitrogens is 1. The predicted molar refractivity (Wildman–Crippen MR) is 75.6 cm³/mol. The van der Waals surface area contributed by atoms with Crippen LogP contribution in [0, 0.1) is 0 Å². The Bertz CT molecular complexity index is 717. The van der Waals surface area contributed by atoms with Crippen LogP contribution >= 0.6 is 0 Å². The van der Waals surface area contributed by atoms with Gasteiger partial charge in [0, 0.05) is 11.4 Å². The van der Waals surface area contributed by atoms with Crippen LogP contribution in [0.5, 0.6) is 0 Å². The summed E-state index contributed by atoms with van der Waals surface area (Å²) >= 11 is 0. The molecular weight excluding hydrogens is 256 g/mol. The van der Waals surface area contributed by atoms with Crippen LogP contribution in [0.1, 0.15) is 35.8 Å². The molecule has 1 aliphatic carbocycles. The second-order valence-electron chi connectivity index (χ2n) is 5.01. The summed E-state index contributed by atoms with van der Waals surface area (Å²) in [6.07, 6.45) is 2.96. The summed E-state index contributed by atoms with van der Waals surface area (Å²) in [6.45, 7) is 0. The molecule has 0 radical (unpaired) electrons. The highest BCUT2D eigenvalue weighted by atomic mass is 16.6. The third-order valence-electron chi connectivity index (χ3n) is 3.83. The van der Waals surface area contributed by atoms with E-state index >= 15 is 0 Å². The Labute approximate surface area is 116 Å². The number of amides is 1. The molecule has 5 heteroatoms. The largest absolute Gasteiger partial charge is 0.300 e. The number of hydroxylamine groups is 1. The number of benzene rings is 1. The summed E-state index contributed by atoms with van der Waals surface area (Å²) in [5.74, 6) is -0.387. The van der Waals surface area contributed by atoms with Gasteiger partial charge in [0.25, 0.3) is 11.5 Å². The Morgan fingerprint density at radius 2 is 2.10 bits per heavy atom. The number of nitrogens with zero attached hydrogens (tertiary/aromatic N) is 1. The second-order valence-corrected chi connectivity index (χ2v) is 5.01. The van der Waals surface area contributed by atoms with Crippen LogP contribution in [0.3, 0.4) is 0 Å². The number of fused-ring (bicyclic) bond motifs is 1. The molecule has 1 amide bonds. The van der Waals surface area contributed by atoms with Crippen LogP contribution < -0.4 is 11.0 Å². The standard InChI is InChI=1S/C15H16N2O3/c1-20-16-14(18)13-9-10-5-2-3-8-12(10)15(19)17(13)11-6-4-7-11/h2-3,5,8-9,11H,4,6-7H2,1H3,(H,16,18). The van der Waals surface area contributed by atoms with Gasteiger partial charge in [-0.2, -0.15) is 0 Å². The molecule has 0 bridgehead atoms. The van der Waals surface area contributed by atoms with Crippen molar-refractivity contribution < 1.29 is 9.63 Å². The van der Waals surface area contributed by atoms with E-state index in [1.807, 2.05) is 18.2 Å². The molecule has 20 heavy (non-hydrogen) atoms. The van der Waals surface area contributed by atoms with Crippen molar-refractivity contribution in [2.45, 2.75) is 25.3 Å². The molecule has 3 rings (SSSR count). The predicted octanol–water partition coefficient (Wildman–Crippen LogP) is 2.02. The van der Waals surface area contributed by atoms with Gasteiger partial charge in [0.05, 0.1) is 7.11 Å². The number of carbonyl (C=O) groups is 1. The first-order valence-electron chi connectivity index (χ1n) is 6.70. The SMILES string of the molecule is CONC(=O)c1cc2ccccc2c(=O)n1C1CCC1. The van der Waals surface area contributed by atoms with Crippen LogP contribution in [0.25, 0.3) is 10.8 Å². The fourth-order valence-electron chi connectivity index (χ4n) is 2.60. The molecule has 0 unspecified atom stereocenters. The molecular formula is C15H16N2O3. The van der Waals surface area contributed by atoms with Gasteiger partial charge in [-0.3, -0.25) is 14.4 Å². The van der Waals surface area contributed by atoms with Gasteiger partial charge in [-0.15, -0.1) is 0 Å². The third-order valence-corrected chi connectivity index (χ3v) is 3.83. The van der Waals surface area contributed by atoms with Crippen LogP contribution in [0.4, 0.5) is 0 Å². The summed E-state index contributed by atoms with van der Waals surface area (Å²) in [5.41, 5.74) is 2.56. The smallest absolute Gasteiger partial charge is 0.291 e. The first-order chi connectivity index (χ1) is 9.72. The molecule has 1 fully saturated rings. The molecule has 1 aromatic carbocycles. The van der Waals surface area contributed by atoms with Crippen molar-refractivity contribution in [3.05, 3.63) is 46.4 Å². The third kappa shape index (κ3) is 2.00. The maximum absolute atomic E-state index is 12.6. The van der Waals surface area contributed by atoms with E-state index in [4.69, 9.17) is 0 Å². The van der Waals surface area contributed by atoms with Crippen molar-refractivity contribution in [3.63, 3.8) is 0 Å². The van der Waals surface area contributed by atoms with Crippen molar-refractivity contribution in [2.75, 3.05) is 7.11 Å². The molecule has 0 aliphatic heterocycles. The Hall–Kier alpha value is -2.14. The Balaban J connectivity index is 2.24. The molecule has 0 atom stereocenters. The highest BCUT2D eigenvalue weighted by molar-refractivity contribution is 5.96. The van der Waals surface area contributed by atoms with E-state index in [0.29, 0.717) is 11.1 Å². The number of rotatable bonds is 3. The van der Waals surface area contributed by atoms with E-state index in [-0.39, 0.29) is 17.5 Å². The molecule has 1 saturated carbocycles. The maximum Gasteiger partial charge on any atom is 0.291 e. The van der Waals surface area contributed by atoms with Crippen molar-refractivity contribution in [3.8, 4) is 0 Å². The van der Waals surface area contributed by atoms with Crippen molar-refractivity contribution in [2.24, 2.45) is 0 Å². The lowest BCUT2D eigenvalue weighted by Crippen LogP contribution is -2.36. The van der Waals surface area contributed by atoms with Crippen LogP contribution in [-0.2, 0) is 4.84 Å². The zero-order chi connectivity index (χ0) is 14.1. The number of nitrogens with one attached hydrogen (secondary N) is 1. The maximum atomic E-state index is 12.6. The highest BCUT2D eigenvalue weighted by Gasteiger charge is 2.26. The Morgan fingerprint density at radius 1 is 1.35 bits per heavy atom. The summed E-state index contributed by atoms with van der Waals surface area (Å²) in [7, 11) is 1.38. The lowest BCUT2D eigenvalue weighted by atomic mass is 9.92. The van der Waals surface area contributed by atoms with E-state index in [9.17, 15) is 9.59 Å². The Kier molecular flexibility index (Phi) is 3.28. The van der Waals surface area contributed by atoms with Gasteiger partial charge in [-0.05, 0) is 36.8 Å². The van der Waals surface area contributed by atoms with Crippen molar-refractivity contribution >= 4 is 16.7 Å². The molecule has 2 aromatic rings. The van der Waals surface area contributed by atoms with E-state index < -0.39 is 0 Å². The number of pyridine rings is 1. The van der Waals surface area contributed by atoms with Gasteiger partial charge in [-0.25, -0.2) is 5.48 Å². The van der Waals surface area contributed by atoms with Crippen molar-refractivity contribution in [1.29, 1.82) is 0 Å².